The van der Waals surface area contributed by atoms with Gasteiger partial charge in [0.25, 0.3) is 0 Å². The SMILES string of the molecule is CN(C)Cc1cc(CNC2CCN(c3ncccc3Cl)C2)no1. The molecule has 0 amide bonds. The maximum absolute atomic E-state index is 6.22. The third-order valence-electron chi connectivity index (χ3n) is 3.88. The molecule has 124 valence electrons. The van der Waals surface area contributed by atoms with Crippen LogP contribution in [0.3, 0.4) is 0 Å². The Kier molecular flexibility index (Phi) is 5.15. The first kappa shape index (κ1) is 16.2. The minimum Gasteiger partial charge on any atom is -0.360 e. The van der Waals surface area contributed by atoms with Crippen molar-refractivity contribution in [1.29, 1.82) is 0 Å². The summed E-state index contributed by atoms with van der Waals surface area (Å²) in [5.74, 6) is 1.76. The fourth-order valence-corrected chi connectivity index (χ4v) is 3.04. The van der Waals surface area contributed by atoms with Gasteiger partial charge < -0.3 is 19.6 Å². The first-order chi connectivity index (χ1) is 11.1. The van der Waals surface area contributed by atoms with Crippen molar-refractivity contribution in [2.24, 2.45) is 0 Å². The minimum atomic E-state index is 0.405. The standard InChI is InChI=1S/C16H22ClN5O/c1-21(2)11-14-8-13(20-23-14)9-19-12-5-7-22(10-12)16-15(17)4-3-6-18-16/h3-4,6,8,12,19H,5,7,9-11H2,1-2H3. The quantitative estimate of drug-likeness (QED) is 0.873. The van der Waals surface area contributed by atoms with Gasteiger partial charge in [-0.05, 0) is 32.6 Å². The van der Waals surface area contributed by atoms with Crippen molar-refractivity contribution in [1.82, 2.24) is 20.4 Å². The van der Waals surface area contributed by atoms with Crippen molar-refractivity contribution in [3.05, 3.63) is 40.9 Å². The van der Waals surface area contributed by atoms with E-state index in [1.165, 1.54) is 0 Å². The molecular weight excluding hydrogens is 314 g/mol. The van der Waals surface area contributed by atoms with E-state index in [9.17, 15) is 0 Å². The van der Waals surface area contributed by atoms with Crippen LogP contribution >= 0.6 is 11.6 Å². The summed E-state index contributed by atoms with van der Waals surface area (Å²) in [5, 5.41) is 8.35. The molecule has 0 saturated carbocycles. The third-order valence-corrected chi connectivity index (χ3v) is 4.17. The number of pyridine rings is 1. The zero-order valence-electron chi connectivity index (χ0n) is 13.5. The summed E-state index contributed by atoms with van der Waals surface area (Å²) in [6.45, 7) is 3.34. The zero-order chi connectivity index (χ0) is 16.2. The lowest BCUT2D eigenvalue weighted by atomic mass is 10.2. The van der Waals surface area contributed by atoms with Crippen LogP contribution in [-0.2, 0) is 13.1 Å². The number of hydrogen-bond acceptors (Lipinski definition) is 6. The highest BCUT2D eigenvalue weighted by molar-refractivity contribution is 6.32. The summed E-state index contributed by atoms with van der Waals surface area (Å²) in [5.41, 5.74) is 0.941. The van der Waals surface area contributed by atoms with Gasteiger partial charge >= 0.3 is 0 Å². The molecule has 0 aliphatic carbocycles. The van der Waals surface area contributed by atoms with E-state index in [4.69, 9.17) is 16.1 Å². The van der Waals surface area contributed by atoms with Crippen molar-refractivity contribution < 1.29 is 4.52 Å². The molecule has 0 spiro atoms. The molecule has 2 aromatic heterocycles. The van der Waals surface area contributed by atoms with Crippen molar-refractivity contribution in [2.45, 2.75) is 25.6 Å². The number of nitrogens with one attached hydrogen (secondary N) is 1. The van der Waals surface area contributed by atoms with E-state index in [2.05, 4.69) is 25.3 Å². The highest BCUT2D eigenvalue weighted by Gasteiger charge is 2.24. The first-order valence-electron chi connectivity index (χ1n) is 7.80. The molecule has 0 radical (unpaired) electrons. The largest absolute Gasteiger partial charge is 0.360 e. The lowest BCUT2D eigenvalue weighted by Gasteiger charge is -2.18. The molecular formula is C16H22ClN5O. The number of rotatable bonds is 6. The van der Waals surface area contributed by atoms with Crippen molar-refractivity contribution in [3.63, 3.8) is 0 Å². The van der Waals surface area contributed by atoms with Gasteiger partial charge in [0.15, 0.2) is 5.76 Å². The average Bonchev–Trinajstić information content (AvgIpc) is 3.14. The lowest BCUT2D eigenvalue weighted by molar-refractivity contribution is 0.307. The molecule has 0 bridgehead atoms. The van der Waals surface area contributed by atoms with Crippen LogP contribution in [0.5, 0.6) is 0 Å². The Morgan fingerprint density at radius 1 is 1.48 bits per heavy atom. The zero-order valence-corrected chi connectivity index (χ0v) is 14.3. The van der Waals surface area contributed by atoms with Crippen LogP contribution in [0, 0.1) is 0 Å². The summed E-state index contributed by atoms with van der Waals surface area (Å²) < 4.78 is 5.33. The highest BCUT2D eigenvalue weighted by Crippen LogP contribution is 2.25. The smallest absolute Gasteiger partial charge is 0.150 e. The molecule has 1 aliphatic heterocycles. The molecule has 1 N–H and O–H groups in total. The fourth-order valence-electron chi connectivity index (χ4n) is 2.80. The molecule has 3 rings (SSSR count). The topological polar surface area (TPSA) is 57.4 Å². The summed E-state index contributed by atoms with van der Waals surface area (Å²) >= 11 is 6.22. The number of anilines is 1. The highest BCUT2D eigenvalue weighted by atomic mass is 35.5. The average molecular weight is 336 g/mol. The van der Waals surface area contributed by atoms with Gasteiger partial charge in [-0.3, -0.25) is 0 Å². The second-order valence-electron chi connectivity index (χ2n) is 6.14. The second-order valence-corrected chi connectivity index (χ2v) is 6.55. The maximum Gasteiger partial charge on any atom is 0.150 e. The van der Waals surface area contributed by atoms with Crippen molar-refractivity contribution in [2.75, 3.05) is 32.1 Å². The van der Waals surface area contributed by atoms with Crippen LogP contribution < -0.4 is 10.2 Å². The Hall–Kier alpha value is -1.63. The van der Waals surface area contributed by atoms with Gasteiger partial charge in [0.05, 0.1) is 17.3 Å². The predicted octanol–water partition coefficient (Wildman–Crippen LogP) is 2.15. The Morgan fingerprint density at radius 2 is 2.35 bits per heavy atom. The summed E-state index contributed by atoms with van der Waals surface area (Å²) in [7, 11) is 4.02. The molecule has 7 heteroatoms. The van der Waals surface area contributed by atoms with Crippen LogP contribution in [0.25, 0.3) is 0 Å². The molecule has 2 aromatic rings. The summed E-state index contributed by atoms with van der Waals surface area (Å²) in [6.07, 6.45) is 2.85. The lowest BCUT2D eigenvalue weighted by Crippen LogP contribution is -2.32. The van der Waals surface area contributed by atoms with Gasteiger partial charge in [0.1, 0.15) is 5.82 Å². The van der Waals surface area contributed by atoms with Crippen LogP contribution in [0.4, 0.5) is 5.82 Å². The predicted molar refractivity (Wildman–Crippen MR) is 90.6 cm³/mol. The fraction of sp³-hybridized carbons (Fsp3) is 0.500. The van der Waals surface area contributed by atoms with E-state index in [-0.39, 0.29) is 0 Å². The normalized spacial score (nSPS) is 18.1. The molecule has 3 heterocycles. The number of halogens is 1. The van der Waals surface area contributed by atoms with Gasteiger partial charge in [-0.2, -0.15) is 0 Å². The Bertz CT molecular complexity index is 645. The molecule has 6 nitrogen and oxygen atoms in total. The molecule has 1 aliphatic rings. The molecule has 23 heavy (non-hydrogen) atoms. The van der Waals surface area contributed by atoms with Crippen LogP contribution in [-0.4, -0.2) is 48.3 Å². The molecule has 0 aromatic carbocycles. The van der Waals surface area contributed by atoms with E-state index in [1.54, 1.807) is 6.20 Å². The van der Waals surface area contributed by atoms with Gasteiger partial charge in [0, 0.05) is 37.9 Å². The number of aromatic nitrogens is 2. The van der Waals surface area contributed by atoms with Crippen LogP contribution in [0.1, 0.15) is 17.9 Å². The minimum absolute atomic E-state index is 0.405. The Morgan fingerprint density at radius 3 is 3.13 bits per heavy atom. The van der Waals surface area contributed by atoms with Crippen LogP contribution in [0.15, 0.2) is 28.9 Å². The van der Waals surface area contributed by atoms with E-state index in [0.29, 0.717) is 17.6 Å². The van der Waals surface area contributed by atoms with E-state index >= 15 is 0 Å². The Labute approximate surface area is 141 Å². The van der Waals surface area contributed by atoms with Crippen LogP contribution in [0.2, 0.25) is 5.02 Å². The van der Waals surface area contributed by atoms with Gasteiger partial charge in [-0.1, -0.05) is 16.8 Å². The van der Waals surface area contributed by atoms with E-state index < -0.39 is 0 Å². The first-order valence-corrected chi connectivity index (χ1v) is 8.17. The summed E-state index contributed by atoms with van der Waals surface area (Å²) in [4.78, 5) is 8.66. The second kappa shape index (κ2) is 7.29. The maximum atomic E-state index is 6.22. The number of hydrogen-bond donors (Lipinski definition) is 1. The molecule has 1 unspecified atom stereocenters. The Balaban J connectivity index is 1.50. The van der Waals surface area contributed by atoms with E-state index in [1.807, 2.05) is 32.3 Å². The third kappa shape index (κ3) is 4.22. The van der Waals surface area contributed by atoms with Crippen molar-refractivity contribution >= 4 is 17.4 Å². The van der Waals surface area contributed by atoms with E-state index in [0.717, 1.165) is 43.3 Å². The van der Waals surface area contributed by atoms with Gasteiger partial charge in [-0.15, -0.1) is 0 Å². The number of nitrogens with zero attached hydrogens (tertiary/aromatic N) is 4. The summed E-state index contributed by atoms with van der Waals surface area (Å²) in [6, 6.07) is 6.15. The van der Waals surface area contributed by atoms with Gasteiger partial charge in [-0.25, -0.2) is 4.98 Å². The molecule has 1 saturated heterocycles. The molecule has 1 atom stereocenters. The van der Waals surface area contributed by atoms with Gasteiger partial charge in [0.2, 0.25) is 0 Å². The van der Waals surface area contributed by atoms with Crippen molar-refractivity contribution in [3.8, 4) is 0 Å². The monoisotopic (exact) mass is 335 g/mol. The molecule has 1 fully saturated rings.